The zero-order valence-electron chi connectivity index (χ0n) is 17.0. The van der Waals surface area contributed by atoms with Crippen LogP contribution in [0, 0.1) is 0 Å². The fourth-order valence-electron chi connectivity index (χ4n) is 3.00. The van der Waals surface area contributed by atoms with Gasteiger partial charge in [-0.1, -0.05) is 66.7 Å². The molecule has 0 atom stereocenters. The molecule has 6 nitrogen and oxygen atoms in total. The highest BCUT2D eigenvalue weighted by molar-refractivity contribution is 5.76. The van der Waals surface area contributed by atoms with Gasteiger partial charge in [0.05, 0.1) is 7.11 Å². The summed E-state index contributed by atoms with van der Waals surface area (Å²) < 4.78 is 21.9. The summed E-state index contributed by atoms with van der Waals surface area (Å²) in [5.74, 6) is 1.78. The largest absolute Gasteiger partial charge is 0.484 e. The molecule has 1 aromatic heterocycles. The van der Waals surface area contributed by atoms with Crippen LogP contribution in [0.2, 0.25) is 0 Å². The van der Waals surface area contributed by atoms with Crippen LogP contribution in [0.15, 0.2) is 89.3 Å². The number of carbonyl (C=O) groups excluding carboxylic acids is 1. The van der Waals surface area contributed by atoms with E-state index in [1.807, 2.05) is 60.7 Å². The summed E-state index contributed by atoms with van der Waals surface area (Å²) >= 11 is 0. The molecule has 0 aliphatic heterocycles. The zero-order chi connectivity index (χ0) is 21.5. The van der Waals surface area contributed by atoms with Gasteiger partial charge in [0.25, 0.3) is 0 Å². The minimum absolute atomic E-state index is 0.146. The lowest BCUT2D eigenvalue weighted by molar-refractivity contribution is -0.142. The molecule has 0 saturated carbocycles. The highest BCUT2D eigenvalue weighted by Crippen LogP contribution is 2.33. The highest BCUT2D eigenvalue weighted by Gasteiger charge is 2.17. The molecule has 3 aromatic carbocycles. The van der Waals surface area contributed by atoms with E-state index in [0.717, 1.165) is 16.8 Å². The number of nitrogens with zero attached hydrogens (tertiary/aromatic N) is 1. The Bertz CT molecular complexity index is 1080. The van der Waals surface area contributed by atoms with E-state index in [-0.39, 0.29) is 13.2 Å². The van der Waals surface area contributed by atoms with Gasteiger partial charge in [0.2, 0.25) is 5.89 Å². The lowest BCUT2D eigenvalue weighted by atomic mass is 10.1. The Morgan fingerprint density at radius 3 is 2.16 bits per heavy atom. The number of hydrogen-bond donors (Lipinski definition) is 0. The van der Waals surface area contributed by atoms with Gasteiger partial charge in [-0.2, -0.15) is 0 Å². The molecule has 0 amide bonds. The van der Waals surface area contributed by atoms with Crippen molar-refractivity contribution in [3.05, 3.63) is 90.8 Å². The van der Waals surface area contributed by atoms with Crippen molar-refractivity contribution in [1.82, 2.24) is 4.98 Å². The third-order valence-electron chi connectivity index (χ3n) is 4.51. The first-order valence-corrected chi connectivity index (χ1v) is 9.76. The lowest BCUT2D eigenvalue weighted by Crippen LogP contribution is -2.12. The van der Waals surface area contributed by atoms with Crippen LogP contribution in [-0.2, 0) is 16.1 Å². The van der Waals surface area contributed by atoms with Gasteiger partial charge < -0.3 is 18.6 Å². The quantitative estimate of drug-likeness (QED) is 0.371. The van der Waals surface area contributed by atoms with Crippen molar-refractivity contribution in [3.8, 4) is 34.1 Å². The summed E-state index contributed by atoms with van der Waals surface area (Å²) in [6.45, 7) is -0.0202. The van der Waals surface area contributed by atoms with Gasteiger partial charge in [-0.25, -0.2) is 9.78 Å². The standard InChI is InChI=1S/C25H21NO5/c1-28-23(27)17-30-21-14-8-13-20(15-21)29-16-22-26-24(18-9-4-2-5-10-18)25(31-22)19-11-6-3-7-12-19/h2-15H,16-17H2,1H3. The molecule has 1 heterocycles. The van der Waals surface area contributed by atoms with Crippen molar-refractivity contribution in [2.75, 3.05) is 13.7 Å². The minimum Gasteiger partial charge on any atom is -0.484 e. The minimum atomic E-state index is -0.451. The second-order valence-corrected chi connectivity index (χ2v) is 6.65. The van der Waals surface area contributed by atoms with Crippen molar-refractivity contribution in [2.24, 2.45) is 0 Å². The Kier molecular flexibility index (Phi) is 6.28. The van der Waals surface area contributed by atoms with Crippen LogP contribution < -0.4 is 9.47 Å². The monoisotopic (exact) mass is 415 g/mol. The molecule has 0 saturated heterocycles. The van der Waals surface area contributed by atoms with Crippen LogP contribution in [0.25, 0.3) is 22.6 Å². The summed E-state index contributed by atoms with van der Waals surface area (Å²) in [7, 11) is 1.31. The first kappa shape index (κ1) is 20.2. The molecule has 0 spiro atoms. The van der Waals surface area contributed by atoms with Crippen LogP contribution in [0.3, 0.4) is 0 Å². The average molecular weight is 415 g/mol. The second-order valence-electron chi connectivity index (χ2n) is 6.65. The van der Waals surface area contributed by atoms with E-state index < -0.39 is 5.97 Å². The average Bonchev–Trinajstić information content (AvgIpc) is 3.27. The first-order chi connectivity index (χ1) is 15.2. The maximum absolute atomic E-state index is 11.2. The number of hydrogen-bond acceptors (Lipinski definition) is 6. The molecule has 0 fully saturated rings. The molecule has 0 aliphatic rings. The SMILES string of the molecule is COC(=O)COc1cccc(OCc2nc(-c3ccccc3)c(-c3ccccc3)o2)c1. The smallest absolute Gasteiger partial charge is 0.343 e. The maximum Gasteiger partial charge on any atom is 0.343 e. The highest BCUT2D eigenvalue weighted by atomic mass is 16.6. The van der Waals surface area contributed by atoms with E-state index in [1.54, 1.807) is 24.3 Å². The molecule has 4 rings (SSSR count). The van der Waals surface area contributed by atoms with Crippen molar-refractivity contribution in [1.29, 1.82) is 0 Å². The van der Waals surface area contributed by atoms with Gasteiger partial charge in [0.1, 0.15) is 17.2 Å². The molecule has 0 radical (unpaired) electrons. The Hall–Kier alpha value is -4.06. The molecule has 156 valence electrons. The van der Waals surface area contributed by atoms with Crippen LogP contribution in [0.5, 0.6) is 11.5 Å². The maximum atomic E-state index is 11.2. The van der Waals surface area contributed by atoms with Crippen molar-refractivity contribution in [3.63, 3.8) is 0 Å². The van der Waals surface area contributed by atoms with Crippen LogP contribution in [-0.4, -0.2) is 24.7 Å². The number of aromatic nitrogens is 1. The van der Waals surface area contributed by atoms with E-state index in [9.17, 15) is 4.79 Å². The molecule has 0 aliphatic carbocycles. The van der Waals surface area contributed by atoms with Crippen molar-refractivity contribution < 1.29 is 23.4 Å². The van der Waals surface area contributed by atoms with Crippen LogP contribution in [0.4, 0.5) is 0 Å². The third kappa shape index (κ3) is 5.11. The van der Waals surface area contributed by atoms with E-state index in [4.69, 9.17) is 13.9 Å². The Labute approximate surface area is 180 Å². The van der Waals surface area contributed by atoms with Crippen LogP contribution in [0.1, 0.15) is 5.89 Å². The summed E-state index contributed by atoms with van der Waals surface area (Å²) in [5.41, 5.74) is 2.67. The van der Waals surface area contributed by atoms with Gasteiger partial charge in [-0.05, 0) is 12.1 Å². The summed E-state index contributed by atoms with van der Waals surface area (Å²) in [6.07, 6.45) is 0. The first-order valence-electron chi connectivity index (χ1n) is 9.76. The predicted octanol–water partition coefficient (Wildman–Crippen LogP) is 5.14. The van der Waals surface area contributed by atoms with Crippen LogP contribution >= 0.6 is 0 Å². The van der Waals surface area contributed by atoms with Crippen molar-refractivity contribution in [2.45, 2.75) is 6.61 Å². The molecule has 31 heavy (non-hydrogen) atoms. The molecule has 0 bridgehead atoms. The molecule has 0 unspecified atom stereocenters. The Morgan fingerprint density at radius 2 is 1.48 bits per heavy atom. The number of rotatable bonds is 8. The molecule has 4 aromatic rings. The van der Waals surface area contributed by atoms with E-state index in [0.29, 0.717) is 23.1 Å². The van der Waals surface area contributed by atoms with Crippen molar-refractivity contribution >= 4 is 5.97 Å². The Balaban J connectivity index is 1.53. The Morgan fingerprint density at radius 1 is 0.839 bits per heavy atom. The van der Waals surface area contributed by atoms with Gasteiger partial charge in [0, 0.05) is 17.2 Å². The fourth-order valence-corrected chi connectivity index (χ4v) is 3.00. The number of ether oxygens (including phenoxy) is 3. The summed E-state index contributed by atoms with van der Waals surface area (Å²) in [6, 6.07) is 26.8. The van der Waals surface area contributed by atoms with E-state index in [1.165, 1.54) is 7.11 Å². The topological polar surface area (TPSA) is 70.8 Å². The summed E-state index contributed by atoms with van der Waals surface area (Å²) in [5, 5.41) is 0. The number of carbonyl (C=O) groups is 1. The lowest BCUT2D eigenvalue weighted by Gasteiger charge is -2.07. The number of benzene rings is 3. The third-order valence-corrected chi connectivity index (χ3v) is 4.51. The fraction of sp³-hybridized carbons (Fsp3) is 0.120. The number of methoxy groups -OCH3 is 1. The number of oxazole rings is 1. The molecule has 0 N–H and O–H groups in total. The zero-order valence-corrected chi connectivity index (χ0v) is 17.0. The number of esters is 1. The predicted molar refractivity (Wildman–Crippen MR) is 116 cm³/mol. The summed E-state index contributed by atoms with van der Waals surface area (Å²) in [4.78, 5) is 15.9. The van der Waals surface area contributed by atoms with Gasteiger partial charge in [-0.3, -0.25) is 0 Å². The van der Waals surface area contributed by atoms with Gasteiger partial charge in [0.15, 0.2) is 19.0 Å². The van der Waals surface area contributed by atoms with Gasteiger partial charge >= 0.3 is 5.97 Å². The molecular formula is C25H21NO5. The van der Waals surface area contributed by atoms with E-state index in [2.05, 4.69) is 9.72 Å². The molecular weight excluding hydrogens is 394 g/mol. The normalized spacial score (nSPS) is 10.5. The second kappa shape index (κ2) is 9.63. The van der Waals surface area contributed by atoms with E-state index >= 15 is 0 Å². The van der Waals surface area contributed by atoms with Gasteiger partial charge in [-0.15, -0.1) is 0 Å². The molecule has 6 heteroatoms.